The number of anilines is 1. The molecule has 6 nitrogen and oxygen atoms in total. The number of nitrogens with one attached hydrogen (secondary N) is 1. The Morgan fingerprint density at radius 3 is 2.83 bits per heavy atom. The number of fused-ring (bicyclic) bond motifs is 1. The number of para-hydroxylation sites is 1. The number of pyridine rings is 1. The number of nitrogens with zero attached hydrogens (tertiary/aromatic N) is 3. The fourth-order valence-electron chi connectivity index (χ4n) is 2.76. The molecule has 0 saturated heterocycles. The Balaban J connectivity index is 1.42. The van der Waals surface area contributed by atoms with Crippen LogP contribution < -0.4 is 10.1 Å². The average molecular weight is 400 g/mol. The summed E-state index contributed by atoms with van der Waals surface area (Å²) in [4.78, 5) is 21.1. The molecule has 0 unspecified atom stereocenters. The topological polar surface area (TPSA) is 87.9 Å². The van der Waals surface area contributed by atoms with Gasteiger partial charge in [0.15, 0.2) is 6.61 Å². The van der Waals surface area contributed by atoms with Gasteiger partial charge in [0.1, 0.15) is 10.8 Å². The van der Waals surface area contributed by atoms with Crippen LogP contribution in [0.4, 0.5) is 5.69 Å². The van der Waals surface area contributed by atoms with Crippen molar-refractivity contribution < 1.29 is 9.53 Å². The standard InChI is InChI=1S/C22H16N4O2S/c1-14-4-2-3-5-19(14)28-13-21(27)25-16-7-8-17(24-12-16)22-26-18-10-15(11-23)6-9-20(18)29-22/h2-10,12H,13H2,1H3,(H,25,27). The number of ether oxygens (including phenoxy) is 1. The minimum atomic E-state index is -0.258. The summed E-state index contributed by atoms with van der Waals surface area (Å²) in [7, 11) is 0. The van der Waals surface area contributed by atoms with Gasteiger partial charge in [0.05, 0.1) is 39.4 Å². The van der Waals surface area contributed by atoms with Crippen molar-refractivity contribution in [3.63, 3.8) is 0 Å². The average Bonchev–Trinajstić information content (AvgIpc) is 3.17. The van der Waals surface area contributed by atoms with E-state index in [0.29, 0.717) is 22.7 Å². The van der Waals surface area contributed by atoms with Gasteiger partial charge in [0.25, 0.3) is 5.91 Å². The first-order chi connectivity index (χ1) is 14.1. The van der Waals surface area contributed by atoms with Crippen molar-refractivity contribution in [3.8, 4) is 22.5 Å². The maximum Gasteiger partial charge on any atom is 0.262 e. The van der Waals surface area contributed by atoms with Crippen LogP contribution in [0.3, 0.4) is 0 Å². The number of benzene rings is 2. The Morgan fingerprint density at radius 1 is 1.21 bits per heavy atom. The fraction of sp³-hybridized carbons (Fsp3) is 0.0909. The number of amides is 1. The Labute approximate surface area is 171 Å². The van der Waals surface area contributed by atoms with Crippen molar-refractivity contribution in [1.82, 2.24) is 9.97 Å². The molecule has 0 fully saturated rings. The largest absolute Gasteiger partial charge is 0.483 e. The molecule has 0 spiro atoms. The highest BCUT2D eigenvalue weighted by Gasteiger charge is 2.10. The number of aromatic nitrogens is 2. The number of carbonyl (C=O) groups is 1. The van der Waals surface area contributed by atoms with Crippen molar-refractivity contribution in [2.45, 2.75) is 6.92 Å². The lowest BCUT2D eigenvalue weighted by Crippen LogP contribution is -2.20. The van der Waals surface area contributed by atoms with Crippen LogP contribution in [0, 0.1) is 18.3 Å². The molecule has 0 radical (unpaired) electrons. The first-order valence-corrected chi connectivity index (χ1v) is 9.69. The van der Waals surface area contributed by atoms with Crippen LogP contribution in [-0.4, -0.2) is 22.5 Å². The summed E-state index contributed by atoms with van der Waals surface area (Å²) >= 11 is 1.51. The van der Waals surface area contributed by atoms with Gasteiger partial charge in [-0.05, 0) is 48.9 Å². The Kier molecular flexibility index (Phi) is 5.18. The third-order valence-corrected chi connectivity index (χ3v) is 5.29. The normalized spacial score (nSPS) is 10.5. The second-order valence-electron chi connectivity index (χ2n) is 6.35. The summed E-state index contributed by atoms with van der Waals surface area (Å²) in [6, 6.07) is 18.7. The summed E-state index contributed by atoms with van der Waals surface area (Å²) in [5, 5.41) is 12.5. The summed E-state index contributed by atoms with van der Waals surface area (Å²) in [5.74, 6) is 0.429. The van der Waals surface area contributed by atoms with Crippen molar-refractivity contribution in [1.29, 1.82) is 5.26 Å². The van der Waals surface area contributed by atoms with E-state index in [-0.39, 0.29) is 12.5 Å². The van der Waals surface area contributed by atoms with Crippen LogP contribution in [0.2, 0.25) is 0 Å². The van der Waals surface area contributed by atoms with E-state index in [1.54, 1.807) is 30.5 Å². The first-order valence-electron chi connectivity index (χ1n) is 8.88. The molecule has 1 amide bonds. The number of aryl methyl sites for hydroxylation is 1. The summed E-state index contributed by atoms with van der Waals surface area (Å²) < 4.78 is 6.54. The smallest absolute Gasteiger partial charge is 0.262 e. The zero-order valence-corrected chi connectivity index (χ0v) is 16.4. The van der Waals surface area contributed by atoms with E-state index in [2.05, 4.69) is 21.4 Å². The molecule has 2 heterocycles. The van der Waals surface area contributed by atoms with E-state index in [1.165, 1.54) is 11.3 Å². The predicted octanol–water partition coefficient (Wildman–Crippen LogP) is 4.56. The van der Waals surface area contributed by atoms with Crippen molar-refractivity contribution in [2.24, 2.45) is 0 Å². The lowest BCUT2D eigenvalue weighted by molar-refractivity contribution is -0.118. The predicted molar refractivity (Wildman–Crippen MR) is 113 cm³/mol. The van der Waals surface area contributed by atoms with Gasteiger partial charge >= 0.3 is 0 Å². The summed E-state index contributed by atoms with van der Waals surface area (Å²) in [5.41, 5.74) is 3.62. The van der Waals surface area contributed by atoms with Gasteiger partial charge < -0.3 is 10.1 Å². The van der Waals surface area contributed by atoms with Gasteiger partial charge in [-0.2, -0.15) is 5.26 Å². The molecule has 1 N–H and O–H groups in total. The minimum absolute atomic E-state index is 0.0777. The molecule has 142 valence electrons. The highest BCUT2D eigenvalue weighted by atomic mass is 32.1. The monoisotopic (exact) mass is 400 g/mol. The number of hydrogen-bond donors (Lipinski definition) is 1. The van der Waals surface area contributed by atoms with Gasteiger partial charge in [-0.15, -0.1) is 11.3 Å². The molecular weight excluding hydrogens is 384 g/mol. The van der Waals surface area contributed by atoms with E-state index in [4.69, 9.17) is 10.00 Å². The zero-order valence-electron chi connectivity index (χ0n) is 15.5. The van der Waals surface area contributed by atoms with Gasteiger partial charge in [0, 0.05) is 0 Å². The van der Waals surface area contributed by atoms with Crippen LogP contribution in [0.5, 0.6) is 5.75 Å². The van der Waals surface area contributed by atoms with Crippen LogP contribution in [0.1, 0.15) is 11.1 Å². The Bertz CT molecular complexity index is 1230. The molecule has 29 heavy (non-hydrogen) atoms. The van der Waals surface area contributed by atoms with E-state index in [0.717, 1.165) is 20.8 Å². The fourth-order valence-corrected chi connectivity index (χ4v) is 3.68. The third kappa shape index (κ3) is 4.23. The van der Waals surface area contributed by atoms with Crippen molar-refractivity contribution in [2.75, 3.05) is 11.9 Å². The van der Waals surface area contributed by atoms with Crippen LogP contribution in [0.25, 0.3) is 20.9 Å². The molecule has 0 aliphatic carbocycles. The van der Waals surface area contributed by atoms with Gasteiger partial charge in [-0.1, -0.05) is 18.2 Å². The van der Waals surface area contributed by atoms with Gasteiger partial charge in [-0.3, -0.25) is 9.78 Å². The molecule has 0 saturated carbocycles. The lowest BCUT2D eigenvalue weighted by Gasteiger charge is -2.09. The molecule has 2 aromatic heterocycles. The van der Waals surface area contributed by atoms with Crippen molar-refractivity contribution in [3.05, 3.63) is 71.9 Å². The Hall–Kier alpha value is -3.76. The highest BCUT2D eigenvalue weighted by Crippen LogP contribution is 2.29. The molecule has 2 aromatic carbocycles. The van der Waals surface area contributed by atoms with E-state index in [9.17, 15) is 4.79 Å². The van der Waals surface area contributed by atoms with Crippen molar-refractivity contribution >= 4 is 33.1 Å². The number of thiazole rings is 1. The van der Waals surface area contributed by atoms with E-state index >= 15 is 0 Å². The SMILES string of the molecule is Cc1ccccc1OCC(=O)Nc1ccc(-c2nc3cc(C#N)ccc3s2)nc1. The maximum absolute atomic E-state index is 12.1. The molecule has 4 aromatic rings. The van der Waals surface area contributed by atoms with Crippen LogP contribution in [-0.2, 0) is 4.79 Å². The van der Waals surface area contributed by atoms with Gasteiger partial charge in [-0.25, -0.2) is 4.98 Å². The molecular formula is C22H16N4O2S. The highest BCUT2D eigenvalue weighted by molar-refractivity contribution is 7.21. The van der Waals surface area contributed by atoms with Crippen LogP contribution >= 0.6 is 11.3 Å². The summed E-state index contributed by atoms with van der Waals surface area (Å²) in [6.07, 6.45) is 1.59. The quantitative estimate of drug-likeness (QED) is 0.531. The number of carbonyl (C=O) groups excluding carboxylic acids is 1. The number of rotatable bonds is 5. The number of hydrogen-bond acceptors (Lipinski definition) is 6. The zero-order chi connectivity index (χ0) is 20.2. The second-order valence-corrected chi connectivity index (χ2v) is 7.38. The van der Waals surface area contributed by atoms with E-state index in [1.807, 2.05) is 37.3 Å². The third-order valence-electron chi connectivity index (χ3n) is 4.24. The molecule has 0 atom stereocenters. The number of nitriles is 1. The molecule has 0 aliphatic heterocycles. The van der Waals surface area contributed by atoms with E-state index < -0.39 is 0 Å². The maximum atomic E-state index is 12.1. The first kappa shape index (κ1) is 18.6. The minimum Gasteiger partial charge on any atom is -0.483 e. The molecule has 7 heteroatoms. The second kappa shape index (κ2) is 8.09. The lowest BCUT2D eigenvalue weighted by atomic mass is 10.2. The van der Waals surface area contributed by atoms with Crippen LogP contribution in [0.15, 0.2) is 60.8 Å². The molecule has 4 rings (SSSR count). The Morgan fingerprint density at radius 2 is 2.07 bits per heavy atom. The van der Waals surface area contributed by atoms with Gasteiger partial charge in [0.2, 0.25) is 0 Å². The molecule has 0 bridgehead atoms. The summed E-state index contributed by atoms with van der Waals surface area (Å²) in [6.45, 7) is 1.85. The molecule has 0 aliphatic rings.